The van der Waals surface area contributed by atoms with Gasteiger partial charge in [0.1, 0.15) is 6.61 Å². The standard InChI is InChI=1S/C6H6O3S.C3H4F4O/c7-10(8,9)6-4-2-1-3-5-6;4-2(5)3(6,7)1-8/h1-5H,(H,7,8,9);2,8H,1H2. The van der Waals surface area contributed by atoms with Crippen LogP contribution in [-0.2, 0) is 10.1 Å². The first-order valence-electron chi connectivity index (χ1n) is 4.40. The van der Waals surface area contributed by atoms with Crippen molar-refractivity contribution in [3.05, 3.63) is 30.3 Å². The zero-order valence-corrected chi connectivity index (χ0v) is 9.62. The first-order chi connectivity index (χ1) is 8.11. The van der Waals surface area contributed by atoms with E-state index in [9.17, 15) is 26.0 Å². The molecule has 0 aliphatic carbocycles. The van der Waals surface area contributed by atoms with Gasteiger partial charge in [0.2, 0.25) is 0 Å². The van der Waals surface area contributed by atoms with Gasteiger partial charge in [0.25, 0.3) is 10.1 Å². The third-order valence-corrected chi connectivity index (χ3v) is 2.44. The highest BCUT2D eigenvalue weighted by Gasteiger charge is 2.39. The molecule has 0 spiro atoms. The quantitative estimate of drug-likeness (QED) is 0.657. The van der Waals surface area contributed by atoms with Crippen LogP contribution in [0.15, 0.2) is 35.2 Å². The molecule has 9 heteroatoms. The number of hydrogen-bond donors (Lipinski definition) is 2. The second-order valence-electron chi connectivity index (χ2n) is 3.01. The monoisotopic (exact) mass is 290 g/mol. The summed E-state index contributed by atoms with van der Waals surface area (Å²) < 4.78 is 73.6. The van der Waals surface area contributed by atoms with Crippen molar-refractivity contribution in [3.63, 3.8) is 0 Å². The van der Waals surface area contributed by atoms with Gasteiger partial charge in [-0.3, -0.25) is 4.55 Å². The van der Waals surface area contributed by atoms with Gasteiger partial charge in [-0.1, -0.05) is 18.2 Å². The maximum atomic E-state index is 11.3. The van der Waals surface area contributed by atoms with E-state index in [-0.39, 0.29) is 4.90 Å². The average molecular weight is 290 g/mol. The van der Waals surface area contributed by atoms with E-state index in [1.165, 1.54) is 12.1 Å². The normalized spacial score (nSPS) is 11.9. The number of rotatable bonds is 3. The van der Waals surface area contributed by atoms with Crippen molar-refractivity contribution in [3.8, 4) is 0 Å². The minimum atomic E-state index is -4.24. The van der Waals surface area contributed by atoms with E-state index in [2.05, 4.69) is 0 Å². The van der Waals surface area contributed by atoms with E-state index in [1.54, 1.807) is 18.2 Å². The molecule has 0 aliphatic rings. The van der Waals surface area contributed by atoms with Crippen molar-refractivity contribution < 1.29 is 35.6 Å². The Balaban J connectivity index is 0.000000331. The summed E-state index contributed by atoms with van der Waals surface area (Å²) in [6.45, 7) is -1.80. The van der Waals surface area contributed by atoms with Crippen LogP contribution in [0, 0.1) is 0 Å². The van der Waals surface area contributed by atoms with Crippen LogP contribution < -0.4 is 0 Å². The van der Waals surface area contributed by atoms with Crippen LogP contribution in [0.2, 0.25) is 0 Å². The molecule has 4 nitrogen and oxygen atoms in total. The van der Waals surface area contributed by atoms with E-state index in [4.69, 9.17) is 9.66 Å². The second kappa shape index (κ2) is 6.66. The minimum absolute atomic E-state index is 0.0741. The lowest BCUT2D eigenvalue weighted by Gasteiger charge is -2.09. The Morgan fingerprint density at radius 1 is 1.17 bits per heavy atom. The third kappa shape index (κ3) is 5.94. The molecule has 0 bridgehead atoms. The highest BCUT2D eigenvalue weighted by molar-refractivity contribution is 7.85. The summed E-state index contributed by atoms with van der Waals surface area (Å²) in [5.41, 5.74) is 0. The molecule has 2 N–H and O–H groups in total. The lowest BCUT2D eigenvalue weighted by atomic mass is 10.4. The number of aliphatic hydroxyl groups excluding tert-OH is 1. The van der Waals surface area contributed by atoms with E-state index in [0.29, 0.717) is 0 Å². The first kappa shape index (κ1) is 16.8. The smallest absolute Gasteiger partial charge is 0.329 e. The van der Waals surface area contributed by atoms with Crippen molar-refractivity contribution in [2.75, 3.05) is 6.61 Å². The fourth-order valence-electron chi connectivity index (χ4n) is 0.661. The van der Waals surface area contributed by atoms with Crippen LogP contribution in [0.4, 0.5) is 17.6 Å². The fourth-order valence-corrected chi connectivity index (χ4v) is 1.16. The molecule has 104 valence electrons. The van der Waals surface area contributed by atoms with Crippen molar-refractivity contribution in [1.29, 1.82) is 0 Å². The fraction of sp³-hybridized carbons (Fsp3) is 0.333. The molecule has 0 unspecified atom stereocenters. The summed E-state index contributed by atoms with van der Waals surface area (Å²) in [5.74, 6) is -4.24. The van der Waals surface area contributed by atoms with Crippen LogP contribution in [-0.4, -0.2) is 37.0 Å². The number of halogens is 4. The summed E-state index contributed by atoms with van der Waals surface area (Å²) in [4.78, 5) is -0.0741. The molecule has 1 aromatic carbocycles. The SMILES string of the molecule is O=S(=O)(O)c1ccccc1.OCC(F)(F)C(F)F. The molecular weight excluding hydrogens is 280 g/mol. The number of hydrogen-bond acceptors (Lipinski definition) is 3. The lowest BCUT2D eigenvalue weighted by molar-refractivity contribution is -0.153. The van der Waals surface area contributed by atoms with Gasteiger partial charge in [-0.25, -0.2) is 8.78 Å². The Labute approximate surface area is 101 Å². The lowest BCUT2D eigenvalue weighted by Crippen LogP contribution is -2.30. The molecule has 0 fully saturated rings. The maximum absolute atomic E-state index is 11.3. The van der Waals surface area contributed by atoms with E-state index < -0.39 is 29.1 Å². The van der Waals surface area contributed by atoms with Crippen LogP contribution in [0.3, 0.4) is 0 Å². The molecule has 18 heavy (non-hydrogen) atoms. The summed E-state index contributed by atoms with van der Waals surface area (Å²) in [5, 5.41) is 7.53. The highest BCUT2D eigenvalue weighted by atomic mass is 32.2. The van der Waals surface area contributed by atoms with Crippen molar-refractivity contribution in [1.82, 2.24) is 0 Å². The van der Waals surface area contributed by atoms with Gasteiger partial charge in [0, 0.05) is 0 Å². The van der Waals surface area contributed by atoms with Gasteiger partial charge < -0.3 is 5.11 Å². The maximum Gasteiger partial charge on any atom is 0.329 e. The summed E-state index contributed by atoms with van der Waals surface area (Å²) in [6, 6.07) is 7.42. The van der Waals surface area contributed by atoms with Crippen molar-refractivity contribution >= 4 is 10.1 Å². The number of benzene rings is 1. The van der Waals surface area contributed by atoms with Gasteiger partial charge in [-0.05, 0) is 12.1 Å². The average Bonchev–Trinajstić information content (AvgIpc) is 2.30. The summed E-state index contributed by atoms with van der Waals surface area (Å²) >= 11 is 0. The molecule has 0 amide bonds. The molecule has 0 aromatic heterocycles. The molecule has 0 radical (unpaired) electrons. The van der Waals surface area contributed by atoms with Gasteiger partial charge in [-0.15, -0.1) is 0 Å². The Bertz CT molecular complexity index is 447. The summed E-state index contributed by atoms with van der Waals surface area (Å²) in [7, 11) is -4.00. The van der Waals surface area contributed by atoms with E-state index in [1.807, 2.05) is 0 Å². The van der Waals surface area contributed by atoms with Gasteiger partial charge in [0.05, 0.1) is 4.90 Å². The topological polar surface area (TPSA) is 74.6 Å². The zero-order valence-electron chi connectivity index (χ0n) is 8.80. The Morgan fingerprint density at radius 3 is 1.78 bits per heavy atom. The van der Waals surface area contributed by atoms with Crippen molar-refractivity contribution in [2.45, 2.75) is 17.2 Å². The molecule has 1 aromatic rings. The van der Waals surface area contributed by atoms with Crippen LogP contribution in [0.5, 0.6) is 0 Å². The van der Waals surface area contributed by atoms with Crippen LogP contribution in [0.25, 0.3) is 0 Å². The Hall–Kier alpha value is -1.19. The number of alkyl halides is 4. The molecule has 1 rings (SSSR count). The van der Waals surface area contributed by atoms with Gasteiger partial charge in [-0.2, -0.15) is 17.2 Å². The zero-order chi connectivity index (χ0) is 14.4. The molecule has 0 heterocycles. The molecule has 0 aliphatic heterocycles. The van der Waals surface area contributed by atoms with Gasteiger partial charge >= 0.3 is 12.3 Å². The van der Waals surface area contributed by atoms with Crippen LogP contribution in [0.1, 0.15) is 0 Å². The highest BCUT2D eigenvalue weighted by Crippen LogP contribution is 2.20. The predicted octanol–water partition coefficient (Wildman–Crippen LogP) is 1.81. The third-order valence-electron chi connectivity index (χ3n) is 1.57. The Kier molecular flexibility index (Phi) is 6.22. The van der Waals surface area contributed by atoms with E-state index in [0.717, 1.165) is 0 Å². The summed E-state index contributed by atoms with van der Waals surface area (Å²) in [6.07, 6.45) is -3.77. The van der Waals surface area contributed by atoms with Crippen LogP contribution >= 0.6 is 0 Å². The Morgan fingerprint density at radius 2 is 1.61 bits per heavy atom. The van der Waals surface area contributed by atoms with E-state index >= 15 is 0 Å². The largest absolute Gasteiger partial charge is 0.390 e. The molecule has 0 saturated carbocycles. The van der Waals surface area contributed by atoms with Crippen molar-refractivity contribution in [2.24, 2.45) is 0 Å². The predicted molar refractivity (Wildman–Crippen MR) is 54.3 cm³/mol. The second-order valence-corrected chi connectivity index (χ2v) is 4.43. The first-order valence-corrected chi connectivity index (χ1v) is 5.84. The minimum Gasteiger partial charge on any atom is -0.390 e. The van der Waals surface area contributed by atoms with Gasteiger partial charge in [0.15, 0.2) is 0 Å². The molecular formula is C9H10F4O4S. The molecule has 0 saturated heterocycles. The molecule has 0 atom stereocenters. The number of aliphatic hydroxyl groups is 1.